The fourth-order valence-corrected chi connectivity index (χ4v) is 4.53. The predicted molar refractivity (Wildman–Crippen MR) is 109 cm³/mol. The molecule has 0 radical (unpaired) electrons. The molecule has 0 saturated carbocycles. The molecule has 7 heteroatoms. The number of carbonyl (C=O) groups is 2. The van der Waals surface area contributed by atoms with E-state index in [0.717, 1.165) is 17.7 Å². The maximum atomic E-state index is 13.3. The summed E-state index contributed by atoms with van der Waals surface area (Å²) in [5.74, 6) is -0.883. The molecule has 1 heterocycles. The molecule has 0 aromatic heterocycles. The van der Waals surface area contributed by atoms with Gasteiger partial charge in [-0.1, -0.05) is 32.0 Å². The molecule has 2 aromatic carbocycles. The normalized spacial score (nSPS) is 21.3. The lowest BCUT2D eigenvalue weighted by atomic mass is 9.69. The number of ketones is 1. The first-order valence-electron chi connectivity index (χ1n) is 10.0. The Morgan fingerprint density at radius 3 is 2.35 bits per heavy atom. The predicted octanol–water partition coefficient (Wildman–Crippen LogP) is 5.57. The summed E-state index contributed by atoms with van der Waals surface area (Å²) in [6.07, 6.45) is -3.88. The topological polar surface area (TPSA) is 57.6 Å². The van der Waals surface area contributed by atoms with E-state index in [1.165, 1.54) is 29.2 Å². The Bertz CT molecular complexity index is 1080. The molecule has 1 amide bonds. The summed E-state index contributed by atoms with van der Waals surface area (Å²) < 4.78 is 39.8. The second-order valence-corrected chi connectivity index (χ2v) is 8.93. The van der Waals surface area contributed by atoms with Crippen molar-refractivity contribution in [2.24, 2.45) is 5.41 Å². The van der Waals surface area contributed by atoms with E-state index in [-0.39, 0.29) is 29.5 Å². The van der Waals surface area contributed by atoms with Crippen molar-refractivity contribution in [3.8, 4) is 5.75 Å². The number of halogens is 3. The number of carbonyl (C=O) groups excluding carboxylic acids is 2. The molecule has 31 heavy (non-hydrogen) atoms. The van der Waals surface area contributed by atoms with Crippen LogP contribution < -0.4 is 4.90 Å². The van der Waals surface area contributed by atoms with Crippen LogP contribution in [0.25, 0.3) is 0 Å². The Kier molecular flexibility index (Phi) is 4.95. The van der Waals surface area contributed by atoms with E-state index >= 15 is 0 Å². The van der Waals surface area contributed by atoms with Crippen molar-refractivity contribution in [2.75, 3.05) is 4.90 Å². The van der Waals surface area contributed by atoms with Gasteiger partial charge in [0.25, 0.3) is 0 Å². The number of hydrogen-bond acceptors (Lipinski definition) is 3. The quantitative estimate of drug-likeness (QED) is 0.679. The van der Waals surface area contributed by atoms with Gasteiger partial charge in [-0.05, 0) is 47.7 Å². The molecule has 4 nitrogen and oxygen atoms in total. The highest BCUT2D eigenvalue weighted by atomic mass is 19.4. The van der Waals surface area contributed by atoms with Crippen LogP contribution in [0.4, 0.5) is 18.9 Å². The molecular formula is C24H22F3NO3. The highest BCUT2D eigenvalue weighted by Gasteiger charge is 2.44. The number of amides is 1. The molecule has 0 saturated heterocycles. The number of aromatic hydroxyl groups is 1. The largest absolute Gasteiger partial charge is 0.508 e. The van der Waals surface area contributed by atoms with Gasteiger partial charge in [-0.3, -0.25) is 14.5 Å². The maximum absolute atomic E-state index is 13.3. The van der Waals surface area contributed by atoms with E-state index in [1.54, 1.807) is 12.1 Å². The number of Topliss-reactive ketones (excluding diaryl/α,β-unsaturated/α-hetero) is 1. The highest BCUT2D eigenvalue weighted by molar-refractivity contribution is 6.07. The van der Waals surface area contributed by atoms with Gasteiger partial charge in [0.15, 0.2) is 5.78 Å². The average molecular weight is 429 g/mol. The van der Waals surface area contributed by atoms with Gasteiger partial charge in [-0.15, -0.1) is 0 Å². The lowest BCUT2D eigenvalue weighted by molar-refractivity contribution is -0.137. The molecule has 4 rings (SSSR count). The van der Waals surface area contributed by atoms with Crippen molar-refractivity contribution in [3.05, 3.63) is 70.9 Å². The number of hydrogen-bond donors (Lipinski definition) is 1. The van der Waals surface area contributed by atoms with Crippen molar-refractivity contribution >= 4 is 17.4 Å². The van der Waals surface area contributed by atoms with Crippen molar-refractivity contribution in [1.82, 2.24) is 0 Å². The third-order valence-electron chi connectivity index (χ3n) is 5.87. The van der Waals surface area contributed by atoms with Crippen LogP contribution in [0, 0.1) is 5.41 Å². The summed E-state index contributed by atoms with van der Waals surface area (Å²) in [5.41, 5.74) is 0.503. The van der Waals surface area contributed by atoms with Gasteiger partial charge in [0, 0.05) is 35.7 Å². The van der Waals surface area contributed by atoms with Crippen molar-refractivity contribution < 1.29 is 27.9 Å². The second kappa shape index (κ2) is 7.25. The number of benzene rings is 2. The van der Waals surface area contributed by atoms with Crippen LogP contribution in [0.15, 0.2) is 59.8 Å². The van der Waals surface area contributed by atoms with Crippen molar-refractivity contribution in [1.29, 1.82) is 0 Å². The number of allylic oxidation sites excluding steroid dienone is 2. The third-order valence-corrected chi connectivity index (χ3v) is 5.87. The van der Waals surface area contributed by atoms with Gasteiger partial charge < -0.3 is 5.11 Å². The van der Waals surface area contributed by atoms with Gasteiger partial charge in [-0.25, -0.2) is 0 Å². The molecule has 1 atom stereocenters. The Hall–Kier alpha value is -3.09. The van der Waals surface area contributed by atoms with E-state index < -0.39 is 23.1 Å². The Morgan fingerprint density at radius 1 is 1.03 bits per heavy atom. The van der Waals surface area contributed by atoms with Gasteiger partial charge in [0.1, 0.15) is 5.75 Å². The minimum absolute atomic E-state index is 0.0357. The number of alkyl halides is 3. The first-order chi connectivity index (χ1) is 14.5. The Morgan fingerprint density at radius 2 is 1.71 bits per heavy atom. The van der Waals surface area contributed by atoms with Gasteiger partial charge in [0.05, 0.1) is 5.56 Å². The van der Waals surface area contributed by atoms with Crippen LogP contribution in [0.2, 0.25) is 0 Å². The van der Waals surface area contributed by atoms with Crippen LogP contribution in [0.3, 0.4) is 0 Å². The van der Waals surface area contributed by atoms with Crippen LogP contribution >= 0.6 is 0 Å². The fourth-order valence-electron chi connectivity index (χ4n) is 4.53. The summed E-state index contributed by atoms with van der Waals surface area (Å²) >= 11 is 0. The van der Waals surface area contributed by atoms with Crippen LogP contribution in [-0.4, -0.2) is 16.8 Å². The molecule has 1 aliphatic carbocycles. The molecule has 2 aromatic rings. The molecule has 2 aliphatic rings. The molecule has 1 unspecified atom stereocenters. The third kappa shape index (κ3) is 3.96. The molecule has 0 spiro atoms. The van der Waals surface area contributed by atoms with Crippen LogP contribution in [-0.2, 0) is 15.8 Å². The number of phenolic OH excluding ortho intramolecular Hbond substituents is 1. The highest BCUT2D eigenvalue weighted by Crippen LogP contribution is 2.48. The van der Waals surface area contributed by atoms with E-state index in [1.807, 2.05) is 13.8 Å². The molecule has 1 N–H and O–H groups in total. The Labute approximate surface area is 178 Å². The first kappa shape index (κ1) is 21.2. The van der Waals surface area contributed by atoms with E-state index in [4.69, 9.17) is 0 Å². The maximum Gasteiger partial charge on any atom is 0.416 e. The zero-order valence-corrected chi connectivity index (χ0v) is 17.2. The summed E-state index contributed by atoms with van der Waals surface area (Å²) in [4.78, 5) is 27.7. The number of rotatable bonds is 2. The van der Waals surface area contributed by atoms with Gasteiger partial charge in [0.2, 0.25) is 5.91 Å². The molecule has 0 fully saturated rings. The zero-order valence-electron chi connectivity index (χ0n) is 17.2. The second-order valence-electron chi connectivity index (χ2n) is 8.93. The zero-order chi connectivity index (χ0) is 22.6. The molecule has 0 bridgehead atoms. The number of phenols is 1. The van der Waals surface area contributed by atoms with E-state index in [0.29, 0.717) is 24.1 Å². The smallest absolute Gasteiger partial charge is 0.416 e. The monoisotopic (exact) mass is 429 g/mol. The van der Waals surface area contributed by atoms with Crippen molar-refractivity contribution in [3.63, 3.8) is 0 Å². The van der Waals surface area contributed by atoms with E-state index in [2.05, 4.69) is 0 Å². The summed E-state index contributed by atoms with van der Waals surface area (Å²) in [5, 5.41) is 9.60. The minimum Gasteiger partial charge on any atom is -0.508 e. The lowest BCUT2D eigenvalue weighted by Gasteiger charge is -2.43. The van der Waals surface area contributed by atoms with E-state index in [9.17, 15) is 27.9 Å². The average Bonchev–Trinajstić information content (AvgIpc) is 2.66. The summed E-state index contributed by atoms with van der Waals surface area (Å²) in [6, 6.07) is 11.0. The van der Waals surface area contributed by atoms with Gasteiger partial charge >= 0.3 is 6.18 Å². The Balaban J connectivity index is 1.88. The lowest BCUT2D eigenvalue weighted by Crippen LogP contribution is -2.43. The number of nitrogens with zero attached hydrogens (tertiary/aromatic N) is 1. The summed E-state index contributed by atoms with van der Waals surface area (Å²) in [7, 11) is 0. The fraction of sp³-hybridized carbons (Fsp3) is 0.333. The molecule has 162 valence electrons. The van der Waals surface area contributed by atoms with Crippen molar-refractivity contribution in [2.45, 2.75) is 45.2 Å². The number of anilines is 1. The first-order valence-corrected chi connectivity index (χ1v) is 10.0. The molecular weight excluding hydrogens is 407 g/mol. The summed E-state index contributed by atoms with van der Waals surface area (Å²) in [6.45, 7) is 3.82. The SMILES string of the molecule is CC1(C)CC(=O)C2=C(C1)N(c1cccc(C(F)(F)F)c1)C(=O)CC2c1ccc(O)cc1. The minimum atomic E-state index is -4.54. The van der Waals surface area contributed by atoms with Crippen LogP contribution in [0.1, 0.15) is 50.2 Å². The molecule has 1 aliphatic heterocycles. The standard InChI is InChI=1S/C24H22F3NO3/c1-23(2)12-19-22(20(30)13-23)18(14-6-8-17(29)9-7-14)11-21(31)28(19)16-5-3-4-15(10-16)24(25,26)27/h3-10,18,29H,11-13H2,1-2H3. The van der Waals surface area contributed by atoms with Gasteiger partial charge in [-0.2, -0.15) is 13.2 Å². The van der Waals surface area contributed by atoms with Crippen LogP contribution in [0.5, 0.6) is 5.75 Å².